The molecule has 1 heterocycles. The SMILES string of the molecule is C=CCn1c(CSc2ccccc2)nnc1SC(C)C(=O)Nc1ccc(OC)cc1OC. The van der Waals surface area contributed by atoms with Gasteiger partial charge in [-0.25, -0.2) is 0 Å². The fourth-order valence-electron chi connectivity index (χ4n) is 2.84. The lowest BCUT2D eigenvalue weighted by atomic mass is 10.2. The fraction of sp³-hybridized carbons (Fsp3) is 0.261. The zero-order valence-corrected chi connectivity index (χ0v) is 19.9. The van der Waals surface area contributed by atoms with Gasteiger partial charge in [0.15, 0.2) is 5.16 Å². The molecule has 0 saturated heterocycles. The molecule has 9 heteroatoms. The molecule has 1 N–H and O–H groups in total. The van der Waals surface area contributed by atoms with Crippen LogP contribution in [0.5, 0.6) is 11.5 Å². The van der Waals surface area contributed by atoms with Gasteiger partial charge in [0.25, 0.3) is 0 Å². The number of benzene rings is 2. The predicted octanol–water partition coefficient (Wildman–Crippen LogP) is 4.89. The first kappa shape index (κ1) is 23.7. The second-order valence-electron chi connectivity index (χ2n) is 6.72. The Morgan fingerprint density at radius 2 is 1.97 bits per heavy atom. The van der Waals surface area contributed by atoms with Gasteiger partial charge in [-0.3, -0.25) is 4.79 Å². The van der Waals surface area contributed by atoms with Crippen LogP contribution in [0.2, 0.25) is 0 Å². The lowest BCUT2D eigenvalue weighted by molar-refractivity contribution is -0.115. The zero-order chi connectivity index (χ0) is 22.9. The van der Waals surface area contributed by atoms with Gasteiger partial charge in [-0.15, -0.1) is 28.5 Å². The third-order valence-corrected chi connectivity index (χ3v) is 6.62. The average Bonchev–Trinajstić information content (AvgIpc) is 3.19. The van der Waals surface area contributed by atoms with Crippen molar-refractivity contribution in [1.29, 1.82) is 0 Å². The van der Waals surface area contributed by atoms with Crippen molar-refractivity contribution < 1.29 is 14.3 Å². The highest BCUT2D eigenvalue weighted by Gasteiger charge is 2.21. The molecule has 1 aromatic heterocycles. The normalized spacial score (nSPS) is 11.6. The number of nitrogens with zero attached hydrogens (tertiary/aromatic N) is 3. The fourth-order valence-corrected chi connectivity index (χ4v) is 4.57. The quantitative estimate of drug-likeness (QED) is 0.316. The van der Waals surface area contributed by atoms with Crippen molar-refractivity contribution >= 4 is 35.1 Å². The van der Waals surface area contributed by atoms with E-state index in [4.69, 9.17) is 9.47 Å². The number of methoxy groups -OCH3 is 2. The Balaban J connectivity index is 1.68. The molecular weight excluding hydrogens is 444 g/mol. The van der Waals surface area contributed by atoms with Gasteiger partial charge in [-0.05, 0) is 31.2 Å². The number of rotatable bonds is 11. The topological polar surface area (TPSA) is 78.3 Å². The second-order valence-corrected chi connectivity index (χ2v) is 9.07. The molecule has 0 bridgehead atoms. The number of carbonyl (C=O) groups excluding carboxylic acids is 1. The Hall–Kier alpha value is -2.91. The van der Waals surface area contributed by atoms with E-state index in [-0.39, 0.29) is 5.91 Å². The van der Waals surface area contributed by atoms with Crippen LogP contribution in [-0.4, -0.2) is 40.1 Å². The van der Waals surface area contributed by atoms with Gasteiger partial charge in [-0.1, -0.05) is 36.0 Å². The van der Waals surface area contributed by atoms with E-state index in [2.05, 4.69) is 34.2 Å². The first-order chi connectivity index (χ1) is 15.5. The summed E-state index contributed by atoms with van der Waals surface area (Å²) in [7, 11) is 3.13. The maximum absolute atomic E-state index is 12.8. The van der Waals surface area contributed by atoms with Crippen LogP contribution in [0.15, 0.2) is 71.2 Å². The van der Waals surface area contributed by atoms with Gasteiger partial charge < -0.3 is 19.4 Å². The first-order valence-corrected chi connectivity index (χ1v) is 11.8. The van der Waals surface area contributed by atoms with Crippen molar-refractivity contribution in [3.63, 3.8) is 0 Å². The molecule has 0 spiro atoms. The molecule has 0 aliphatic rings. The van der Waals surface area contributed by atoms with Crippen molar-refractivity contribution in [3.8, 4) is 11.5 Å². The molecule has 1 amide bonds. The number of thioether (sulfide) groups is 2. The highest BCUT2D eigenvalue weighted by atomic mass is 32.2. The minimum absolute atomic E-state index is 0.160. The van der Waals surface area contributed by atoms with Crippen LogP contribution in [0, 0.1) is 0 Å². The number of amides is 1. The molecule has 32 heavy (non-hydrogen) atoms. The number of hydrogen-bond acceptors (Lipinski definition) is 7. The molecule has 1 unspecified atom stereocenters. The zero-order valence-electron chi connectivity index (χ0n) is 18.3. The molecule has 0 aliphatic heterocycles. The van der Waals surface area contributed by atoms with Gasteiger partial charge in [-0.2, -0.15) is 0 Å². The van der Waals surface area contributed by atoms with Crippen LogP contribution in [-0.2, 0) is 17.1 Å². The summed E-state index contributed by atoms with van der Waals surface area (Å²) < 4.78 is 12.6. The summed E-state index contributed by atoms with van der Waals surface area (Å²) in [6.45, 7) is 6.25. The summed E-state index contributed by atoms with van der Waals surface area (Å²) in [5.41, 5.74) is 0.582. The molecule has 7 nitrogen and oxygen atoms in total. The van der Waals surface area contributed by atoms with E-state index < -0.39 is 5.25 Å². The standard InChI is InChI=1S/C23H26N4O3S2/c1-5-13-27-21(15-31-18-9-7-6-8-10-18)25-26-23(27)32-16(2)22(28)24-19-12-11-17(29-3)14-20(19)30-4/h5-12,14,16H,1,13,15H2,2-4H3,(H,24,28). The number of anilines is 1. The Morgan fingerprint density at radius 1 is 1.19 bits per heavy atom. The highest BCUT2D eigenvalue weighted by molar-refractivity contribution is 8.00. The molecule has 3 aromatic rings. The minimum Gasteiger partial charge on any atom is -0.497 e. The van der Waals surface area contributed by atoms with Crippen LogP contribution < -0.4 is 14.8 Å². The lowest BCUT2D eigenvalue weighted by Crippen LogP contribution is -2.23. The van der Waals surface area contributed by atoms with Crippen LogP contribution in [0.1, 0.15) is 12.7 Å². The number of allylic oxidation sites excluding steroid dienone is 1. The molecule has 2 aromatic carbocycles. The van der Waals surface area contributed by atoms with Crippen LogP contribution >= 0.6 is 23.5 Å². The Labute approximate surface area is 196 Å². The predicted molar refractivity (Wildman–Crippen MR) is 130 cm³/mol. The summed E-state index contributed by atoms with van der Waals surface area (Å²) in [5, 5.41) is 11.9. The van der Waals surface area contributed by atoms with Gasteiger partial charge in [0.2, 0.25) is 5.91 Å². The summed E-state index contributed by atoms with van der Waals surface area (Å²) in [6, 6.07) is 15.4. The third kappa shape index (κ3) is 6.08. The van der Waals surface area contributed by atoms with Crippen LogP contribution in [0.25, 0.3) is 0 Å². The number of aromatic nitrogens is 3. The molecule has 168 valence electrons. The van der Waals surface area contributed by atoms with Crippen molar-refractivity contribution in [2.24, 2.45) is 0 Å². The van der Waals surface area contributed by atoms with E-state index in [1.165, 1.54) is 11.8 Å². The van der Waals surface area contributed by atoms with Gasteiger partial charge >= 0.3 is 0 Å². The summed E-state index contributed by atoms with van der Waals surface area (Å²) in [5.74, 6) is 2.54. The molecule has 0 aliphatic carbocycles. The Morgan fingerprint density at radius 3 is 2.66 bits per heavy atom. The van der Waals surface area contributed by atoms with E-state index in [0.717, 1.165) is 10.7 Å². The monoisotopic (exact) mass is 470 g/mol. The maximum Gasteiger partial charge on any atom is 0.237 e. The number of hydrogen-bond donors (Lipinski definition) is 1. The lowest BCUT2D eigenvalue weighted by Gasteiger charge is -2.15. The summed E-state index contributed by atoms with van der Waals surface area (Å²) >= 11 is 3.05. The average molecular weight is 471 g/mol. The number of ether oxygens (including phenoxy) is 2. The molecule has 0 saturated carbocycles. The molecule has 1 atom stereocenters. The van der Waals surface area contributed by atoms with Crippen molar-refractivity contribution in [1.82, 2.24) is 14.8 Å². The van der Waals surface area contributed by atoms with Gasteiger partial charge in [0.1, 0.15) is 17.3 Å². The van der Waals surface area contributed by atoms with E-state index >= 15 is 0 Å². The van der Waals surface area contributed by atoms with Crippen molar-refractivity contribution in [2.45, 2.75) is 34.5 Å². The summed E-state index contributed by atoms with van der Waals surface area (Å²) in [6.07, 6.45) is 1.80. The van der Waals surface area contributed by atoms with E-state index in [1.54, 1.807) is 50.3 Å². The molecule has 3 rings (SSSR count). The largest absolute Gasteiger partial charge is 0.497 e. The maximum atomic E-state index is 12.8. The van der Waals surface area contributed by atoms with E-state index in [0.29, 0.717) is 34.6 Å². The van der Waals surface area contributed by atoms with E-state index in [1.807, 2.05) is 29.7 Å². The third-order valence-electron chi connectivity index (χ3n) is 4.53. The van der Waals surface area contributed by atoms with Gasteiger partial charge in [0, 0.05) is 17.5 Å². The molecular formula is C23H26N4O3S2. The smallest absolute Gasteiger partial charge is 0.237 e. The Bertz CT molecular complexity index is 1060. The van der Waals surface area contributed by atoms with Crippen molar-refractivity contribution in [2.75, 3.05) is 19.5 Å². The van der Waals surface area contributed by atoms with Crippen LogP contribution in [0.3, 0.4) is 0 Å². The van der Waals surface area contributed by atoms with E-state index in [9.17, 15) is 4.79 Å². The second kappa shape index (κ2) is 11.6. The van der Waals surface area contributed by atoms with Crippen molar-refractivity contribution in [3.05, 3.63) is 67.0 Å². The van der Waals surface area contributed by atoms with Gasteiger partial charge in [0.05, 0.1) is 30.9 Å². The molecule has 0 radical (unpaired) electrons. The number of nitrogens with one attached hydrogen (secondary N) is 1. The van der Waals surface area contributed by atoms with Crippen LogP contribution in [0.4, 0.5) is 5.69 Å². The molecule has 0 fully saturated rings. The highest BCUT2D eigenvalue weighted by Crippen LogP contribution is 2.31. The first-order valence-electron chi connectivity index (χ1n) is 9.96. The number of carbonyl (C=O) groups is 1. The minimum atomic E-state index is -0.399. The summed E-state index contributed by atoms with van der Waals surface area (Å²) in [4.78, 5) is 14.0. The Kier molecular flexibility index (Phi) is 8.64.